The van der Waals surface area contributed by atoms with Crippen LogP contribution in [0, 0.1) is 5.92 Å². The van der Waals surface area contributed by atoms with Crippen molar-refractivity contribution in [2.24, 2.45) is 5.92 Å². The fourth-order valence-corrected chi connectivity index (χ4v) is 4.74. The number of carboxylic acid groups (broad SMARTS) is 1. The minimum Gasteiger partial charge on any atom is -0.481 e. The molecule has 3 rings (SSSR count). The molecule has 1 saturated carbocycles. The summed E-state index contributed by atoms with van der Waals surface area (Å²) in [6.45, 7) is 0. The molecule has 136 valence electrons. The zero-order valence-electron chi connectivity index (χ0n) is 13.9. The minimum absolute atomic E-state index is 0.124. The van der Waals surface area contributed by atoms with Gasteiger partial charge in [-0.15, -0.1) is 0 Å². The first-order valence-corrected chi connectivity index (χ1v) is 10.1. The molecule has 6 nitrogen and oxygen atoms in total. The third-order valence-electron chi connectivity index (χ3n) is 4.74. The molecular formula is C18H23NO5S. The molecule has 2 aliphatic rings. The number of allylic oxidation sites excluding steroid dienone is 2. The van der Waals surface area contributed by atoms with E-state index >= 15 is 0 Å². The van der Waals surface area contributed by atoms with Gasteiger partial charge in [-0.05, 0) is 37.8 Å². The Bertz CT molecular complexity index is 731. The number of carbonyl (C=O) groups is 1. The molecule has 1 aliphatic carbocycles. The fraction of sp³-hybridized carbons (Fsp3) is 0.500. The molecule has 0 aromatic heterocycles. The molecule has 25 heavy (non-hydrogen) atoms. The van der Waals surface area contributed by atoms with E-state index in [4.69, 9.17) is 9.84 Å². The number of carboxylic acids is 1. The quantitative estimate of drug-likeness (QED) is 0.398. The zero-order valence-corrected chi connectivity index (χ0v) is 14.7. The number of ether oxygens (including phenoxy) is 1. The van der Waals surface area contributed by atoms with Crippen LogP contribution >= 0.6 is 0 Å². The number of rotatable bonds is 9. The van der Waals surface area contributed by atoms with Gasteiger partial charge in [-0.1, -0.05) is 30.4 Å². The lowest BCUT2D eigenvalue weighted by Crippen LogP contribution is -2.39. The summed E-state index contributed by atoms with van der Waals surface area (Å²) >= 11 is 0. The van der Waals surface area contributed by atoms with Crippen molar-refractivity contribution < 1.29 is 23.1 Å². The van der Waals surface area contributed by atoms with Gasteiger partial charge in [-0.2, -0.15) is 0 Å². The number of hydrogen-bond donors (Lipinski definition) is 2. The standard InChI is InChI=1S/C18H23NO5S/c20-17(21)11-7-2-1-6-10-14-15(12-16-18(14)24-16)19-25(22,23)13-8-4-3-5-9-13/h1,3-6,8-9,14-16,18-19H,2,7,10-12H2,(H,20,21)/b6-1-/t14-,15+,16+,18?/m1/s1. The highest BCUT2D eigenvalue weighted by atomic mass is 32.2. The summed E-state index contributed by atoms with van der Waals surface area (Å²) < 4.78 is 33.4. The molecule has 1 heterocycles. The van der Waals surface area contributed by atoms with Crippen molar-refractivity contribution in [2.45, 2.75) is 55.2 Å². The lowest BCUT2D eigenvalue weighted by molar-refractivity contribution is -0.137. The second kappa shape index (κ2) is 7.68. The molecule has 1 aliphatic heterocycles. The number of aliphatic carboxylic acids is 1. The Kier molecular flexibility index (Phi) is 5.56. The lowest BCUT2D eigenvalue weighted by atomic mass is 9.98. The van der Waals surface area contributed by atoms with Crippen LogP contribution in [0.3, 0.4) is 0 Å². The maximum atomic E-state index is 12.5. The van der Waals surface area contributed by atoms with Crippen molar-refractivity contribution in [3.05, 3.63) is 42.5 Å². The number of sulfonamides is 1. The SMILES string of the molecule is O=C(O)CCC/C=C\C[C@H]1C2O[C@H]2C[C@@H]1NS(=O)(=O)c1ccccc1. The Labute approximate surface area is 147 Å². The van der Waals surface area contributed by atoms with E-state index < -0.39 is 16.0 Å². The molecule has 0 spiro atoms. The number of benzene rings is 1. The van der Waals surface area contributed by atoms with Crippen LogP contribution in [0.4, 0.5) is 0 Å². The van der Waals surface area contributed by atoms with E-state index in [1.54, 1.807) is 30.3 Å². The number of epoxide rings is 1. The second-order valence-corrected chi connectivity index (χ2v) is 8.29. The molecule has 1 saturated heterocycles. The average molecular weight is 365 g/mol. The monoisotopic (exact) mass is 365 g/mol. The first-order valence-electron chi connectivity index (χ1n) is 8.57. The molecule has 0 amide bonds. The largest absolute Gasteiger partial charge is 0.481 e. The minimum atomic E-state index is -3.52. The van der Waals surface area contributed by atoms with Crippen molar-refractivity contribution in [1.82, 2.24) is 4.72 Å². The van der Waals surface area contributed by atoms with Crippen LogP contribution in [0.15, 0.2) is 47.4 Å². The summed E-state index contributed by atoms with van der Waals surface area (Å²) in [6, 6.07) is 8.26. The van der Waals surface area contributed by atoms with Crippen LogP contribution in [0.5, 0.6) is 0 Å². The van der Waals surface area contributed by atoms with E-state index in [0.717, 1.165) is 6.42 Å². The van der Waals surface area contributed by atoms with Crippen molar-refractivity contribution in [3.63, 3.8) is 0 Å². The van der Waals surface area contributed by atoms with Gasteiger partial charge in [0.25, 0.3) is 0 Å². The fourth-order valence-electron chi connectivity index (χ4n) is 3.42. The third-order valence-corrected chi connectivity index (χ3v) is 6.25. The first-order chi connectivity index (χ1) is 12.0. The number of hydrogen-bond acceptors (Lipinski definition) is 4. The average Bonchev–Trinajstić information content (AvgIpc) is 3.25. The number of fused-ring (bicyclic) bond motifs is 1. The van der Waals surface area contributed by atoms with E-state index in [-0.39, 0.29) is 35.5 Å². The molecule has 2 fully saturated rings. The lowest BCUT2D eigenvalue weighted by Gasteiger charge is -2.22. The molecule has 1 aromatic carbocycles. The van der Waals surface area contributed by atoms with Gasteiger partial charge in [-0.25, -0.2) is 13.1 Å². The Morgan fingerprint density at radius 2 is 2.04 bits per heavy atom. The van der Waals surface area contributed by atoms with Gasteiger partial charge in [0.05, 0.1) is 17.1 Å². The van der Waals surface area contributed by atoms with Crippen LogP contribution in [0.2, 0.25) is 0 Å². The van der Waals surface area contributed by atoms with Gasteiger partial charge in [0.15, 0.2) is 0 Å². The first kappa shape index (κ1) is 18.1. The molecule has 7 heteroatoms. The van der Waals surface area contributed by atoms with E-state index in [0.29, 0.717) is 19.3 Å². The van der Waals surface area contributed by atoms with E-state index in [1.165, 1.54) is 0 Å². The molecule has 0 radical (unpaired) electrons. The highest BCUT2D eigenvalue weighted by molar-refractivity contribution is 7.89. The summed E-state index contributed by atoms with van der Waals surface area (Å²) in [6.07, 6.45) is 7.21. The summed E-state index contributed by atoms with van der Waals surface area (Å²) in [5, 5.41) is 8.61. The van der Waals surface area contributed by atoms with Crippen molar-refractivity contribution in [2.75, 3.05) is 0 Å². The summed E-state index contributed by atoms with van der Waals surface area (Å²) in [5.74, 6) is -0.659. The van der Waals surface area contributed by atoms with Crippen molar-refractivity contribution in [3.8, 4) is 0 Å². The predicted octanol–water partition coefficient (Wildman–Crippen LogP) is 2.32. The molecule has 4 atom stereocenters. The van der Waals surface area contributed by atoms with Crippen LogP contribution in [0.25, 0.3) is 0 Å². The van der Waals surface area contributed by atoms with E-state index in [2.05, 4.69) is 4.72 Å². The molecule has 1 aromatic rings. The van der Waals surface area contributed by atoms with Gasteiger partial charge in [0, 0.05) is 18.4 Å². The summed E-state index contributed by atoms with van der Waals surface area (Å²) in [5.41, 5.74) is 0. The molecular weight excluding hydrogens is 342 g/mol. The van der Waals surface area contributed by atoms with Gasteiger partial charge in [0.2, 0.25) is 10.0 Å². The second-order valence-electron chi connectivity index (χ2n) is 6.57. The maximum Gasteiger partial charge on any atom is 0.303 e. The van der Waals surface area contributed by atoms with E-state index in [1.807, 2.05) is 12.2 Å². The molecule has 2 N–H and O–H groups in total. The van der Waals surface area contributed by atoms with Gasteiger partial charge < -0.3 is 9.84 Å². The van der Waals surface area contributed by atoms with Crippen LogP contribution in [0.1, 0.15) is 32.1 Å². The summed E-state index contributed by atoms with van der Waals surface area (Å²) in [7, 11) is -3.52. The Morgan fingerprint density at radius 1 is 1.28 bits per heavy atom. The highest BCUT2D eigenvalue weighted by Crippen LogP contribution is 2.45. The zero-order chi connectivity index (χ0) is 17.9. The summed E-state index contributed by atoms with van der Waals surface area (Å²) in [4.78, 5) is 10.8. The number of nitrogens with one attached hydrogen (secondary N) is 1. The Morgan fingerprint density at radius 3 is 2.76 bits per heavy atom. The Hall–Kier alpha value is -1.70. The predicted molar refractivity (Wildman–Crippen MR) is 92.6 cm³/mol. The van der Waals surface area contributed by atoms with Crippen LogP contribution < -0.4 is 4.72 Å². The third kappa shape index (κ3) is 4.68. The van der Waals surface area contributed by atoms with Crippen LogP contribution in [-0.2, 0) is 19.6 Å². The van der Waals surface area contributed by atoms with Gasteiger partial charge >= 0.3 is 5.97 Å². The number of unbranched alkanes of at least 4 members (excludes halogenated alkanes) is 1. The van der Waals surface area contributed by atoms with Gasteiger partial charge in [-0.3, -0.25) is 4.79 Å². The smallest absolute Gasteiger partial charge is 0.303 e. The highest BCUT2D eigenvalue weighted by Gasteiger charge is 2.55. The van der Waals surface area contributed by atoms with E-state index in [9.17, 15) is 13.2 Å². The molecule has 0 bridgehead atoms. The topological polar surface area (TPSA) is 96.0 Å². The van der Waals surface area contributed by atoms with Gasteiger partial charge in [0.1, 0.15) is 0 Å². The van der Waals surface area contributed by atoms with Crippen molar-refractivity contribution >= 4 is 16.0 Å². The Balaban J connectivity index is 1.55. The van der Waals surface area contributed by atoms with Crippen LogP contribution in [-0.4, -0.2) is 37.7 Å². The van der Waals surface area contributed by atoms with Crippen molar-refractivity contribution in [1.29, 1.82) is 0 Å². The molecule has 1 unspecified atom stereocenters. The maximum absolute atomic E-state index is 12.5. The normalized spacial score (nSPS) is 28.2.